The van der Waals surface area contributed by atoms with Gasteiger partial charge in [0.1, 0.15) is 5.75 Å². The average Bonchev–Trinajstić information content (AvgIpc) is 2.72. The van der Waals surface area contributed by atoms with E-state index in [9.17, 15) is 9.59 Å². The molecule has 3 aromatic rings. The van der Waals surface area contributed by atoms with Crippen molar-refractivity contribution in [3.63, 3.8) is 0 Å². The van der Waals surface area contributed by atoms with Gasteiger partial charge in [-0.1, -0.05) is 43.0 Å². The molecule has 1 N–H and O–H groups in total. The number of fused-ring (bicyclic) bond motifs is 1. The van der Waals surface area contributed by atoms with Gasteiger partial charge in [-0.15, -0.1) is 0 Å². The van der Waals surface area contributed by atoms with Gasteiger partial charge in [-0.25, -0.2) is 4.98 Å². The number of ether oxygens (including phenoxy) is 1. The molecule has 0 fully saturated rings. The van der Waals surface area contributed by atoms with Gasteiger partial charge in [-0.2, -0.15) is 0 Å². The van der Waals surface area contributed by atoms with Crippen LogP contribution in [-0.4, -0.2) is 28.3 Å². The van der Waals surface area contributed by atoms with Crippen molar-refractivity contribution in [1.29, 1.82) is 0 Å². The highest BCUT2D eigenvalue weighted by Crippen LogP contribution is 2.25. The number of methoxy groups -OCH3 is 1. The number of nitrogens with one attached hydrogen (secondary N) is 1. The Hall–Kier alpha value is -2.80. The highest BCUT2D eigenvalue weighted by Gasteiger charge is 2.17. The van der Waals surface area contributed by atoms with Gasteiger partial charge in [0.05, 0.1) is 29.5 Å². The van der Waals surface area contributed by atoms with E-state index in [1.165, 1.54) is 11.8 Å². The Morgan fingerprint density at radius 3 is 2.68 bits per heavy atom. The molecule has 3 rings (SSSR count). The third-order valence-corrected chi connectivity index (χ3v) is 5.47. The first kappa shape index (κ1) is 19.9. The summed E-state index contributed by atoms with van der Waals surface area (Å²) >= 11 is 1.26. The van der Waals surface area contributed by atoms with Gasteiger partial charge in [0, 0.05) is 6.04 Å². The number of amides is 1. The number of rotatable bonds is 7. The fraction of sp³-hybridized carbons (Fsp3) is 0.286. The van der Waals surface area contributed by atoms with Crippen LogP contribution in [-0.2, 0) is 4.79 Å². The topological polar surface area (TPSA) is 73.2 Å². The second kappa shape index (κ2) is 8.93. The lowest BCUT2D eigenvalue weighted by Crippen LogP contribution is -2.26. The lowest BCUT2D eigenvalue weighted by atomic mass is 10.2. The fourth-order valence-corrected chi connectivity index (χ4v) is 3.76. The molecular formula is C21H23N3O3S. The Morgan fingerprint density at radius 2 is 1.93 bits per heavy atom. The minimum absolute atomic E-state index is 0.00983. The van der Waals surface area contributed by atoms with Crippen molar-refractivity contribution in [3.8, 4) is 5.75 Å². The first-order valence-electron chi connectivity index (χ1n) is 9.12. The third kappa shape index (κ3) is 4.20. The summed E-state index contributed by atoms with van der Waals surface area (Å²) < 4.78 is 6.94. The molecule has 0 aliphatic rings. The number of hydrogen-bond acceptors (Lipinski definition) is 5. The summed E-state index contributed by atoms with van der Waals surface area (Å²) in [6.07, 6.45) is 0.793. The maximum atomic E-state index is 13.0. The number of nitrogens with zero attached hydrogens (tertiary/aromatic N) is 2. The summed E-state index contributed by atoms with van der Waals surface area (Å²) in [6.45, 7) is 4.01. The van der Waals surface area contributed by atoms with E-state index in [-0.39, 0.29) is 23.3 Å². The van der Waals surface area contributed by atoms with E-state index in [4.69, 9.17) is 4.74 Å². The lowest BCUT2D eigenvalue weighted by molar-refractivity contribution is -0.113. The zero-order valence-corrected chi connectivity index (χ0v) is 17.0. The number of hydrogen-bond donors (Lipinski definition) is 1. The number of aromatic nitrogens is 2. The predicted molar refractivity (Wildman–Crippen MR) is 113 cm³/mol. The fourth-order valence-electron chi connectivity index (χ4n) is 2.86. The number of carbonyl (C=O) groups is 1. The molecule has 1 aromatic heterocycles. The molecule has 1 amide bonds. The molecule has 0 aliphatic heterocycles. The molecule has 0 aliphatic carbocycles. The average molecular weight is 398 g/mol. The van der Waals surface area contributed by atoms with Crippen molar-refractivity contribution in [2.75, 3.05) is 18.2 Å². The van der Waals surface area contributed by atoms with Crippen molar-refractivity contribution in [2.24, 2.45) is 0 Å². The molecule has 0 unspecified atom stereocenters. The van der Waals surface area contributed by atoms with Crippen molar-refractivity contribution in [2.45, 2.75) is 31.5 Å². The third-order valence-electron chi connectivity index (χ3n) is 4.52. The summed E-state index contributed by atoms with van der Waals surface area (Å²) in [5.74, 6) is 0.549. The van der Waals surface area contributed by atoms with E-state index < -0.39 is 0 Å². The first-order valence-corrected chi connectivity index (χ1v) is 10.1. The molecule has 0 bridgehead atoms. The number of anilines is 1. The molecule has 0 saturated heterocycles. The molecule has 2 aromatic carbocycles. The van der Waals surface area contributed by atoms with E-state index >= 15 is 0 Å². The van der Waals surface area contributed by atoms with Gasteiger partial charge >= 0.3 is 0 Å². The molecule has 0 spiro atoms. The van der Waals surface area contributed by atoms with Gasteiger partial charge in [0.2, 0.25) is 5.91 Å². The number of thioether (sulfide) groups is 1. The first-order chi connectivity index (χ1) is 13.5. The summed E-state index contributed by atoms with van der Waals surface area (Å²) in [6, 6.07) is 14.5. The Bertz CT molecular complexity index is 1050. The standard InChI is InChI=1S/C21H23N3O3S/c1-4-14(2)24-20(26)15-9-5-6-10-16(15)23-21(24)28-13-19(25)22-17-11-7-8-12-18(17)27-3/h5-12,14H,4,13H2,1-3H3,(H,22,25)/t14-/m1/s1. The van der Waals surface area contributed by atoms with Crippen LogP contribution >= 0.6 is 11.8 Å². The van der Waals surface area contributed by atoms with Gasteiger partial charge < -0.3 is 10.1 Å². The lowest BCUT2D eigenvalue weighted by Gasteiger charge is -2.18. The Balaban J connectivity index is 1.85. The maximum absolute atomic E-state index is 13.0. The summed E-state index contributed by atoms with van der Waals surface area (Å²) in [4.78, 5) is 30.1. The molecule has 7 heteroatoms. The molecule has 1 atom stereocenters. The van der Waals surface area contributed by atoms with Crippen LogP contribution in [0, 0.1) is 0 Å². The number of carbonyl (C=O) groups excluding carboxylic acids is 1. The van der Waals surface area contributed by atoms with Crippen LogP contribution in [0.4, 0.5) is 5.69 Å². The van der Waals surface area contributed by atoms with Gasteiger partial charge in [-0.05, 0) is 37.6 Å². The van der Waals surface area contributed by atoms with Crippen molar-refractivity contribution >= 4 is 34.3 Å². The zero-order chi connectivity index (χ0) is 20.1. The predicted octanol–water partition coefficient (Wildman–Crippen LogP) is 4.11. The monoisotopic (exact) mass is 397 g/mol. The van der Waals surface area contributed by atoms with Crippen LogP contribution in [0.2, 0.25) is 0 Å². The summed E-state index contributed by atoms with van der Waals surface area (Å²) in [5.41, 5.74) is 1.17. The van der Waals surface area contributed by atoms with Gasteiger partial charge in [0.15, 0.2) is 5.16 Å². The van der Waals surface area contributed by atoms with E-state index in [1.807, 2.05) is 44.2 Å². The van der Waals surface area contributed by atoms with Crippen LogP contribution < -0.4 is 15.6 Å². The molecule has 146 valence electrons. The quantitative estimate of drug-likeness (QED) is 0.480. The molecule has 28 heavy (non-hydrogen) atoms. The van der Waals surface area contributed by atoms with E-state index in [1.54, 1.807) is 29.9 Å². The normalized spacial score (nSPS) is 12.0. The second-order valence-electron chi connectivity index (χ2n) is 6.38. The van der Waals surface area contributed by atoms with Crippen LogP contribution in [0.1, 0.15) is 26.3 Å². The van der Waals surface area contributed by atoms with Crippen LogP contribution in [0.15, 0.2) is 58.5 Å². The van der Waals surface area contributed by atoms with Crippen LogP contribution in [0.3, 0.4) is 0 Å². The van der Waals surface area contributed by atoms with Gasteiger partial charge in [-0.3, -0.25) is 14.2 Å². The largest absolute Gasteiger partial charge is 0.495 e. The Labute approximate surface area is 167 Å². The molecule has 0 saturated carbocycles. The zero-order valence-electron chi connectivity index (χ0n) is 16.1. The molecule has 1 heterocycles. The van der Waals surface area contributed by atoms with Gasteiger partial charge in [0.25, 0.3) is 5.56 Å². The number of benzene rings is 2. The van der Waals surface area contributed by atoms with Crippen molar-refractivity contribution < 1.29 is 9.53 Å². The highest BCUT2D eigenvalue weighted by molar-refractivity contribution is 7.99. The Kier molecular flexibility index (Phi) is 6.36. The smallest absolute Gasteiger partial charge is 0.262 e. The van der Waals surface area contributed by atoms with E-state index in [0.717, 1.165) is 6.42 Å². The van der Waals surface area contributed by atoms with Crippen molar-refractivity contribution in [3.05, 3.63) is 58.9 Å². The summed E-state index contributed by atoms with van der Waals surface area (Å²) in [5, 5.41) is 3.98. The van der Waals surface area contributed by atoms with E-state index in [2.05, 4.69) is 10.3 Å². The molecule has 0 radical (unpaired) electrons. The van der Waals surface area contributed by atoms with Crippen LogP contribution in [0.25, 0.3) is 10.9 Å². The maximum Gasteiger partial charge on any atom is 0.262 e. The van der Waals surface area contributed by atoms with Crippen LogP contribution in [0.5, 0.6) is 5.75 Å². The minimum Gasteiger partial charge on any atom is -0.495 e. The summed E-state index contributed by atoms with van der Waals surface area (Å²) in [7, 11) is 1.56. The second-order valence-corrected chi connectivity index (χ2v) is 7.32. The highest BCUT2D eigenvalue weighted by atomic mass is 32.2. The van der Waals surface area contributed by atoms with Crippen molar-refractivity contribution in [1.82, 2.24) is 9.55 Å². The molecular weight excluding hydrogens is 374 g/mol. The Morgan fingerprint density at radius 1 is 1.21 bits per heavy atom. The molecule has 6 nitrogen and oxygen atoms in total. The van der Waals surface area contributed by atoms with E-state index in [0.29, 0.717) is 27.5 Å². The number of para-hydroxylation sites is 3. The SMILES string of the molecule is CC[C@@H](C)n1c(SCC(=O)Nc2ccccc2OC)nc2ccccc2c1=O. The minimum atomic E-state index is -0.187.